The summed E-state index contributed by atoms with van der Waals surface area (Å²) < 4.78 is 11.0. The molecule has 0 radical (unpaired) electrons. The number of carbonyl (C=O) groups is 2. The maximum atomic E-state index is 12.0. The van der Waals surface area contributed by atoms with Crippen LogP contribution in [-0.4, -0.2) is 60.2 Å². The van der Waals surface area contributed by atoms with Crippen LogP contribution in [0.4, 0.5) is 0 Å². The zero-order chi connectivity index (χ0) is 19.0. The number of aliphatic hydroxyl groups excluding tert-OH is 2. The Kier molecular flexibility index (Phi) is 9.10. The Morgan fingerprint density at radius 1 is 1.36 bits per heavy atom. The van der Waals surface area contributed by atoms with Crippen molar-refractivity contribution in [3.8, 4) is 0 Å². The fraction of sp³-hybridized carbons (Fsp3) is 0.778. The number of esters is 1. The van der Waals surface area contributed by atoms with Gasteiger partial charge in [-0.15, -0.1) is 0 Å². The fourth-order valence-corrected chi connectivity index (χ4v) is 3.25. The van der Waals surface area contributed by atoms with Gasteiger partial charge in [0, 0.05) is 12.5 Å². The van der Waals surface area contributed by atoms with Gasteiger partial charge in [0.05, 0.1) is 38.1 Å². The highest BCUT2D eigenvalue weighted by molar-refractivity contribution is 5.88. The van der Waals surface area contributed by atoms with Gasteiger partial charge in [0.1, 0.15) is 0 Å². The van der Waals surface area contributed by atoms with Crippen molar-refractivity contribution in [1.29, 1.82) is 0 Å². The van der Waals surface area contributed by atoms with Crippen molar-refractivity contribution in [3.63, 3.8) is 0 Å². The maximum absolute atomic E-state index is 12.0. The molecule has 4 atom stereocenters. The lowest BCUT2D eigenvalue weighted by molar-refractivity contribution is -0.137. The molecule has 144 valence electrons. The summed E-state index contributed by atoms with van der Waals surface area (Å²) in [5.41, 5.74) is 0.468. The minimum Gasteiger partial charge on any atom is -0.466 e. The van der Waals surface area contributed by atoms with Crippen molar-refractivity contribution in [2.75, 3.05) is 13.7 Å². The van der Waals surface area contributed by atoms with E-state index in [9.17, 15) is 14.7 Å². The van der Waals surface area contributed by atoms with E-state index in [2.05, 4.69) is 5.32 Å². The number of amides is 1. The van der Waals surface area contributed by atoms with E-state index in [0.717, 1.165) is 12.8 Å². The Balaban J connectivity index is 3.15. The van der Waals surface area contributed by atoms with Crippen LogP contribution in [-0.2, 0) is 19.1 Å². The number of carbonyl (C=O) groups excluding carboxylic acids is 2. The van der Waals surface area contributed by atoms with Crippen molar-refractivity contribution in [3.05, 3.63) is 11.6 Å². The largest absolute Gasteiger partial charge is 0.466 e. The van der Waals surface area contributed by atoms with E-state index in [4.69, 9.17) is 14.6 Å². The minimum absolute atomic E-state index is 0.00193. The van der Waals surface area contributed by atoms with Gasteiger partial charge in [-0.1, -0.05) is 13.8 Å². The molecule has 0 aromatic carbocycles. The highest BCUT2D eigenvalue weighted by atomic mass is 16.5. The molecule has 1 unspecified atom stereocenters. The van der Waals surface area contributed by atoms with E-state index in [-0.39, 0.29) is 37.0 Å². The monoisotopic (exact) mass is 357 g/mol. The van der Waals surface area contributed by atoms with E-state index in [1.54, 1.807) is 6.08 Å². The first-order chi connectivity index (χ1) is 11.9. The Hall–Kier alpha value is -1.44. The number of hydrogen-bond acceptors (Lipinski definition) is 6. The highest BCUT2D eigenvalue weighted by Gasteiger charge is 2.38. The Morgan fingerprint density at radius 3 is 2.48 bits per heavy atom. The van der Waals surface area contributed by atoms with Crippen LogP contribution >= 0.6 is 0 Å². The van der Waals surface area contributed by atoms with Gasteiger partial charge in [-0.05, 0) is 37.7 Å². The third-order valence-electron chi connectivity index (χ3n) is 4.57. The SMILES string of the molecule is CCC(CC)O[C@@H]1C=C(C(=O)OC)C[C@H](CC(O)CO)[C@H]1NC(C)=O. The first-order valence-electron chi connectivity index (χ1n) is 8.86. The molecule has 0 bridgehead atoms. The fourth-order valence-electron chi connectivity index (χ4n) is 3.25. The molecule has 1 aliphatic carbocycles. The summed E-state index contributed by atoms with van der Waals surface area (Å²) in [4.78, 5) is 23.7. The minimum atomic E-state index is -0.924. The van der Waals surface area contributed by atoms with E-state index in [1.165, 1.54) is 14.0 Å². The smallest absolute Gasteiger partial charge is 0.333 e. The number of rotatable bonds is 9. The Bertz CT molecular complexity index is 474. The quantitative estimate of drug-likeness (QED) is 0.530. The molecular weight excluding hydrogens is 326 g/mol. The molecule has 0 aromatic heterocycles. The number of ether oxygens (including phenoxy) is 2. The zero-order valence-corrected chi connectivity index (χ0v) is 15.5. The Labute approximate surface area is 149 Å². The van der Waals surface area contributed by atoms with Crippen molar-refractivity contribution >= 4 is 11.9 Å². The standard InChI is InChI=1S/C18H31NO6/c1-5-15(6-2)25-16-9-13(18(23)24-4)7-12(8-14(22)10-20)17(16)19-11(3)21/h9,12,14-17,20,22H,5-8,10H2,1-4H3,(H,19,21)/t12-,14?,16-,17-/m1/s1. The summed E-state index contributed by atoms with van der Waals surface area (Å²) in [6.07, 6.45) is 2.51. The molecule has 1 rings (SSSR count). The molecule has 1 amide bonds. The molecule has 3 N–H and O–H groups in total. The topological polar surface area (TPSA) is 105 Å². The summed E-state index contributed by atoms with van der Waals surface area (Å²) in [6, 6.07) is -0.382. The molecule has 1 aliphatic rings. The molecule has 25 heavy (non-hydrogen) atoms. The lowest BCUT2D eigenvalue weighted by atomic mass is 9.79. The predicted octanol–water partition coefficient (Wildman–Crippen LogP) is 0.927. The van der Waals surface area contributed by atoms with E-state index in [0.29, 0.717) is 12.0 Å². The highest BCUT2D eigenvalue weighted by Crippen LogP contribution is 2.32. The molecule has 0 spiro atoms. The number of methoxy groups -OCH3 is 1. The zero-order valence-electron chi connectivity index (χ0n) is 15.5. The second-order valence-electron chi connectivity index (χ2n) is 6.49. The van der Waals surface area contributed by atoms with Gasteiger partial charge >= 0.3 is 5.97 Å². The van der Waals surface area contributed by atoms with Crippen molar-refractivity contribution < 1.29 is 29.3 Å². The van der Waals surface area contributed by atoms with Gasteiger partial charge in [-0.3, -0.25) is 4.79 Å². The van der Waals surface area contributed by atoms with Crippen molar-refractivity contribution in [2.45, 2.75) is 70.8 Å². The van der Waals surface area contributed by atoms with Crippen LogP contribution in [0.3, 0.4) is 0 Å². The molecule has 0 saturated heterocycles. The number of hydrogen-bond donors (Lipinski definition) is 3. The second kappa shape index (κ2) is 10.5. The van der Waals surface area contributed by atoms with Crippen molar-refractivity contribution in [1.82, 2.24) is 5.32 Å². The van der Waals surface area contributed by atoms with Gasteiger partial charge < -0.3 is 25.0 Å². The van der Waals surface area contributed by atoms with E-state index in [1.807, 2.05) is 13.8 Å². The van der Waals surface area contributed by atoms with Gasteiger partial charge in [0.2, 0.25) is 5.91 Å². The van der Waals surface area contributed by atoms with Crippen LogP contribution in [0.1, 0.15) is 46.5 Å². The van der Waals surface area contributed by atoms with Crippen LogP contribution in [0.15, 0.2) is 11.6 Å². The van der Waals surface area contributed by atoms with Crippen LogP contribution in [0, 0.1) is 5.92 Å². The average Bonchev–Trinajstić information content (AvgIpc) is 2.60. The second-order valence-corrected chi connectivity index (χ2v) is 6.49. The predicted molar refractivity (Wildman–Crippen MR) is 92.8 cm³/mol. The summed E-state index contributed by atoms with van der Waals surface area (Å²) in [5.74, 6) is -0.894. The van der Waals surface area contributed by atoms with Crippen LogP contribution in [0.5, 0.6) is 0 Å². The van der Waals surface area contributed by atoms with Crippen LogP contribution in [0.2, 0.25) is 0 Å². The molecule has 0 aromatic rings. The molecule has 0 saturated carbocycles. The van der Waals surface area contributed by atoms with Crippen LogP contribution < -0.4 is 5.32 Å². The third kappa shape index (κ3) is 6.41. The first kappa shape index (κ1) is 21.6. The average molecular weight is 357 g/mol. The van der Waals surface area contributed by atoms with Gasteiger partial charge in [0.25, 0.3) is 0 Å². The lowest BCUT2D eigenvalue weighted by Crippen LogP contribution is -2.52. The van der Waals surface area contributed by atoms with Gasteiger partial charge in [-0.25, -0.2) is 4.79 Å². The summed E-state index contributed by atoms with van der Waals surface area (Å²) in [5, 5.41) is 21.9. The van der Waals surface area contributed by atoms with E-state index >= 15 is 0 Å². The van der Waals surface area contributed by atoms with Gasteiger partial charge in [0.15, 0.2) is 0 Å². The molecule has 7 nitrogen and oxygen atoms in total. The van der Waals surface area contributed by atoms with Crippen LogP contribution in [0.25, 0.3) is 0 Å². The molecular formula is C18H31NO6. The van der Waals surface area contributed by atoms with Gasteiger partial charge in [-0.2, -0.15) is 0 Å². The third-order valence-corrected chi connectivity index (χ3v) is 4.57. The summed E-state index contributed by atoms with van der Waals surface area (Å²) in [7, 11) is 1.32. The maximum Gasteiger partial charge on any atom is 0.333 e. The molecule has 0 fully saturated rings. The molecule has 7 heteroatoms. The van der Waals surface area contributed by atoms with E-state index < -0.39 is 18.2 Å². The first-order valence-corrected chi connectivity index (χ1v) is 8.86. The molecule has 0 aliphatic heterocycles. The molecule has 0 heterocycles. The summed E-state index contributed by atoms with van der Waals surface area (Å²) in [6.45, 7) is 5.08. The van der Waals surface area contributed by atoms with Crippen molar-refractivity contribution in [2.24, 2.45) is 5.92 Å². The Morgan fingerprint density at radius 2 is 2.00 bits per heavy atom. The number of aliphatic hydroxyl groups is 2. The summed E-state index contributed by atoms with van der Waals surface area (Å²) >= 11 is 0. The number of nitrogens with one attached hydrogen (secondary N) is 1. The normalized spacial score (nSPS) is 24.6. The lowest BCUT2D eigenvalue weighted by Gasteiger charge is -2.39.